The standard InChI is InChI=1S/C15H24N4O2/c1-3-18-8-5-13(6-9-18)4-7-16-15-10-12(2)14(11-17-15)19(20)21/h10-11,13H,3-9H2,1-2H3,(H,16,17). The van der Waals surface area contributed by atoms with Gasteiger partial charge in [-0.2, -0.15) is 0 Å². The van der Waals surface area contributed by atoms with Crippen LogP contribution in [0, 0.1) is 23.0 Å². The third-order valence-corrected chi connectivity index (χ3v) is 4.29. The lowest BCUT2D eigenvalue weighted by atomic mass is 9.93. The van der Waals surface area contributed by atoms with Crippen LogP contribution in [0.3, 0.4) is 0 Å². The Morgan fingerprint density at radius 1 is 1.48 bits per heavy atom. The molecule has 1 saturated heterocycles. The molecule has 0 atom stereocenters. The number of pyridine rings is 1. The predicted octanol–water partition coefficient (Wildman–Crippen LogP) is 2.83. The molecule has 21 heavy (non-hydrogen) atoms. The SMILES string of the molecule is CCN1CCC(CCNc2cc(C)c([N+](=O)[O-])cn2)CC1. The van der Waals surface area contributed by atoms with E-state index in [1.54, 1.807) is 13.0 Å². The summed E-state index contributed by atoms with van der Waals surface area (Å²) >= 11 is 0. The first kappa shape index (κ1) is 15.7. The quantitative estimate of drug-likeness (QED) is 0.645. The number of aryl methyl sites for hydroxylation is 1. The maximum Gasteiger partial charge on any atom is 0.290 e. The molecular weight excluding hydrogens is 268 g/mol. The van der Waals surface area contributed by atoms with Crippen molar-refractivity contribution in [1.82, 2.24) is 9.88 Å². The molecule has 2 rings (SSSR count). The number of rotatable bonds is 6. The van der Waals surface area contributed by atoms with Gasteiger partial charge in [0, 0.05) is 12.1 Å². The lowest BCUT2D eigenvalue weighted by Crippen LogP contribution is -2.33. The van der Waals surface area contributed by atoms with E-state index in [0.29, 0.717) is 5.56 Å². The number of piperidine rings is 1. The molecule has 6 heteroatoms. The highest BCUT2D eigenvalue weighted by Crippen LogP contribution is 2.21. The fourth-order valence-electron chi connectivity index (χ4n) is 2.83. The number of anilines is 1. The van der Waals surface area contributed by atoms with Crippen LogP contribution in [0.2, 0.25) is 0 Å². The molecule has 6 nitrogen and oxygen atoms in total. The average molecular weight is 292 g/mol. The molecule has 0 amide bonds. The number of nitro groups is 1. The molecule has 116 valence electrons. The Labute approximate surface area is 125 Å². The van der Waals surface area contributed by atoms with Crippen LogP contribution in [0.4, 0.5) is 11.5 Å². The Morgan fingerprint density at radius 3 is 2.76 bits per heavy atom. The first-order valence-corrected chi connectivity index (χ1v) is 7.67. The van der Waals surface area contributed by atoms with Crippen LogP contribution in [-0.4, -0.2) is 41.0 Å². The van der Waals surface area contributed by atoms with Crippen molar-refractivity contribution in [3.8, 4) is 0 Å². The lowest BCUT2D eigenvalue weighted by Gasteiger charge is -2.31. The second-order valence-corrected chi connectivity index (χ2v) is 5.71. The number of nitrogens with one attached hydrogen (secondary N) is 1. The zero-order chi connectivity index (χ0) is 15.2. The molecule has 2 heterocycles. The molecule has 0 radical (unpaired) electrons. The van der Waals surface area contributed by atoms with Gasteiger partial charge in [0.05, 0.1) is 4.92 Å². The smallest absolute Gasteiger partial charge is 0.290 e. The van der Waals surface area contributed by atoms with Crippen LogP contribution in [0.25, 0.3) is 0 Å². The summed E-state index contributed by atoms with van der Waals surface area (Å²) in [4.78, 5) is 16.9. The Balaban J connectivity index is 1.76. The van der Waals surface area contributed by atoms with E-state index >= 15 is 0 Å². The van der Waals surface area contributed by atoms with Gasteiger partial charge in [-0.3, -0.25) is 10.1 Å². The second-order valence-electron chi connectivity index (χ2n) is 5.71. The van der Waals surface area contributed by atoms with Gasteiger partial charge in [-0.25, -0.2) is 4.98 Å². The monoisotopic (exact) mass is 292 g/mol. The largest absolute Gasteiger partial charge is 0.370 e. The number of hydrogen-bond acceptors (Lipinski definition) is 5. The molecule has 1 aliphatic heterocycles. The summed E-state index contributed by atoms with van der Waals surface area (Å²) in [5.74, 6) is 1.50. The van der Waals surface area contributed by atoms with E-state index in [2.05, 4.69) is 22.1 Å². The van der Waals surface area contributed by atoms with E-state index in [1.807, 2.05) is 0 Å². The summed E-state index contributed by atoms with van der Waals surface area (Å²) in [5.41, 5.74) is 0.723. The van der Waals surface area contributed by atoms with Crippen LogP contribution in [0.1, 0.15) is 31.7 Å². The van der Waals surface area contributed by atoms with Gasteiger partial charge >= 0.3 is 0 Å². The summed E-state index contributed by atoms with van der Waals surface area (Å²) in [6.45, 7) is 8.39. The molecule has 1 aliphatic rings. The van der Waals surface area contributed by atoms with Crippen molar-refractivity contribution in [3.05, 3.63) is 27.9 Å². The highest BCUT2D eigenvalue weighted by atomic mass is 16.6. The zero-order valence-corrected chi connectivity index (χ0v) is 12.8. The zero-order valence-electron chi connectivity index (χ0n) is 12.8. The predicted molar refractivity (Wildman–Crippen MR) is 83.6 cm³/mol. The van der Waals surface area contributed by atoms with Crippen molar-refractivity contribution in [1.29, 1.82) is 0 Å². The third-order valence-electron chi connectivity index (χ3n) is 4.29. The number of hydrogen-bond donors (Lipinski definition) is 1. The van der Waals surface area contributed by atoms with Crippen LogP contribution in [0.5, 0.6) is 0 Å². The minimum atomic E-state index is -0.395. The Bertz CT molecular complexity index is 485. The maximum atomic E-state index is 10.7. The lowest BCUT2D eigenvalue weighted by molar-refractivity contribution is -0.385. The molecule has 0 unspecified atom stereocenters. The Morgan fingerprint density at radius 2 is 2.19 bits per heavy atom. The van der Waals surface area contributed by atoms with Gasteiger partial charge in [-0.15, -0.1) is 0 Å². The molecule has 0 aromatic carbocycles. The molecule has 1 N–H and O–H groups in total. The van der Waals surface area contributed by atoms with Gasteiger partial charge in [-0.05, 0) is 57.8 Å². The highest BCUT2D eigenvalue weighted by molar-refractivity contribution is 5.46. The number of nitrogens with zero attached hydrogens (tertiary/aromatic N) is 3. The molecule has 1 fully saturated rings. The van der Waals surface area contributed by atoms with E-state index in [-0.39, 0.29) is 5.69 Å². The van der Waals surface area contributed by atoms with Gasteiger partial charge < -0.3 is 10.2 Å². The summed E-state index contributed by atoms with van der Waals surface area (Å²) < 4.78 is 0. The Hall–Kier alpha value is -1.69. The molecule has 0 aliphatic carbocycles. The van der Waals surface area contributed by atoms with Crippen molar-refractivity contribution in [3.63, 3.8) is 0 Å². The van der Waals surface area contributed by atoms with E-state index in [4.69, 9.17) is 0 Å². The minimum absolute atomic E-state index is 0.0764. The number of likely N-dealkylation sites (tertiary alicyclic amines) is 1. The average Bonchev–Trinajstić information content (AvgIpc) is 2.47. The van der Waals surface area contributed by atoms with Crippen molar-refractivity contribution < 1.29 is 4.92 Å². The van der Waals surface area contributed by atoms with E-state index in [9.17, 15) is 10.1 Å². The van der Waals surface area contributed by atoms with Crippen molar-refractivity contribution >= 4 is 11.5 Å². The van der Waals surface area contributed by atoms with Gasteiger partial charge in [0.1, 0.15) is 12.0 Å². The van der Waals surface area contributed by atoms with Crippen molar-refractivity contribution in [2.75, 3.05) is 31.5 Å². The summed E-state index contributed by atoms with van der Waals surface area (Å²) in [7, 11) is 0. The fourth-order valence-corrected chi connectivity index (χ4v) is 2.83. The maximum absolute atomic E-state index is 10.7. The highest BCUT2D eigenvalue weighted by Gasteiger charge is 2.17. The van der Waals surface area contributed by atoms with E-state index in [1.165, 1.54) is 32.1 Å². The first-order valence-electron chi connectivity index (χ1n) is 7.67. The molecule has 1 aromatic rings. The van der Waals surface area contributed by atoms with Gasteiger partial charge in [-0.1, -0.05) is 6.92 Å². The summed E-state index contributed by atoms with van der Waals surface area (Å²) in [6.07, 6.45) is 5.00. The molecular formula is C15H24N4O2. The second kappa shape index (κ2) is 7.36. The van der Waals surface area contributed by atoms with E-state index < -0.39 is 4.92 Å². The topological polar surface area (TPSA) is 71.3 Å². The minimum Gasteiger partial charge on any atom is -0.370 e. The van der Waals surface area contributed by atoms with Gasteiger partial charge in [0.25, 0.3) is 5.69 Å². The Kier molecular flexibility index (Phi) is 5.50. The third kappa shape index (κ3) is 4.39. The van der Waals surface area contributed by atoms with Crippen LogP contribution in [-0.2, 0) is 0 Å². The summed E-state index contributed by atoms with van der Waals surface area (Å²) in [6, 6.07) is 1.75. The normalized spacial score (nSPS) is 16.9. The molecule has 1 aromatic heterocycles. The number of aromatic nitrogens is 1. The molecule has 0 bridgehead atoms. The molecule has 0 spiro atoms. The fraction of sp³-hybridized carbons (Fsp3) is 0.667. The summed E-state index contributed by atoms with van der Waals surface area (Å²) in [5, 5.41) is 14.0. The van der Waals surface area contributed by atoms with Crippen LogP contribution >= 0.6 is 0 Å². The van der Waals surface area contributed by atoms with E-state index in [0.717, 1.165) is 31.2 Å². The van der Waals surface area contributed by atoms with Crippen molar-refractivity contribution in [2.24, 2.45) is 5.92 Å². The van der Waals surface area contributed by atoms with Crippen LogP contribution < -0.4 is 5.32 Å². The van der Waals surface area contributed by atoms with Crippen molar-refractivity contribution in [2.45, 2.75) is 33.1 Å². The van der Waals surface area contributed by atoms with Crippen LogP contribution in [0.15, 0.2) is 12.3 Å². The van der Waals surface area contributed by atoms with Gasteiger partial charge in [0.2, 0.25) is 0 Å². The van der Waals surface area contributed by atoms with Gasteiger partial charge in [0.15, 0.2) is 0 Å². The first-order chi connectivity index (χ1) is 10.1. The molecule has 0 saturated carbocycles.